The van der Waals surface area contributed by atoms with Gasteiger partial charge in [-0.15, -0.1) is 10.2 Å². The summed E-state index contributed by atoms with van der Waals surface area (Å²) in [5.41, 5.74) is 4.87. The van der Waals surface area contributed by atoms with E-state index in [9.17, 15) is 0 Å². The van der Waals surface area contributed by atoms with Crippen molar-refractivity contribution >= 4 is 0 Å². The molecule has 0 radical (unpaired) electrons. The summed E-state index contributed by atoms with van der Waals surface area (Å²) in [6.45, 7) is 6.67. The minimum atomic E-state index is 0.182. The van der Waals surface area contributed by atoms with E-state index in [1.165, 1.54) is 16.7 Å². The van der Waals surface area contributed by atoms with Crippen molar-refractivity contribution < 1.29 is 0 Å². The van der Waals surface area contributed by atoms with E-state index in [1.807, 2.05) is 12.1 Å². The van der Waals surface area contributed by atoms with Gasteiger partial charge >= 0.3 is 0 Å². The number of tetrazole rings is 1. The van der Waals surface area contributed by atoms with Crippen molar-refractivity contribution in [1.29, 1.82) is 0 Å². The topological polar surface area (TPSA) is 54.5 Å². The van der Waals surface area contributed by atoms with E-state index in [4.69, 9.17) is 0 Å². The highest BCUT2D eigenvalue weighted by Gasteiger charge is 2.13. The summed E-state index contributed by atoms with van der Waals surface area (Å²) in [6.07, 6.45) is 0. The van der Waals surface area contributed by atoms with Crippen LogP contribution in [0.15, 0.2) is 48.5 Å². The van der Waals surface area contributed by atoms with Gasteiger partial charge in [0, 0.05) is 5.56 Å². The lowest BCUT2D eigenvalue weighted by molar-refractivity contribution is 0.590. The summed E-state index contributed by atoms with van der Waals surface area (Å²) < 4.78 is 0. The van der Waals surface area contributed by atoms with Crippen LogP contribution >= 0.6 is 0 Å². The Morgan fingerprint density at radius 3 is 1.76 bits per heavy atom. The average Bonchev–Trinajstić information content (AvgIpc) is 3.01. The number of hydrogen-bond donors (Lipinski definition) is 1. The Kier molecular flexibility index (Phi) is 3.29. The second-order valence-corrected chi connectivity index (χ2v) is 6.14. The van der Waals surface area contributed by atoms with Crippen molar-refractivity contribution in [1.82, 2.24) is 20.6 Å². The fourth-order valence-electron chi connectivity index (χ4n) is 2.26. The van der Waals surface area contributed by atoms with Gasteiger partial charge < -0.3 is 0 Å². The van der Waals surface area contributed by atoms with Crippen LogP contribution in [-0.4, -0.2) is 20.6 Å². The van der Waals surface area contributed by atoms with Crippen LogP contribution in [0.5, 0.6) is 0 Å². The van der Waals surface area contributed by atoms with Crippen molar-refractivity contribution in [3.63, 3.8) is 0 Å². The lowest BCUT2D eigenvalue weighted by atomic mass is 9.86. The van der Waals surface area contributed by atoms with Crippen molar-refractivity contribution in [2.75, 3.05) is 0 Å². The van der Waals surface area contributed by atoms with Gasteiger partial charge in [-0.3, -0.25) is 0 Å². The molecule has 106 valence electrons. The molecule has 21 heavy (non-hydrogen) atoms. The number of aromatic amines is 1. The van der Waals surface area contributed by atoms with E-state index >= 15 is 0 Å². The number of H-pyrrole nitrogens is 1. The SMILES string of the molecule is CC(C)(C)c1ccc(-c2ccc(-c3nn[nH]n3)cc2)cc1. The van der Waals surface area contributed by atoms with E-state index in [1.54, 1.807) is 0 Å². The number of rotatable bonds is 2. The Balaban J connectivity index is 1.87. The van der Waals surface area contributed by atoms with Gasteiger partial charge in [-0.05, 0) is 27.3 Å². The molecule has 0 atom stereocenters. The molecule has 0 aliphatic carbocycles. The van der Waals surface area contributed by atoms with Crippen molar-refractivity contribution in [2.24, 2.45) is 0 Å². The van der Waals surface area contributed by atoms with Gasteiger partial charge in [-0.25, -0.2) is 0 Å². The van der Waals surface area contributed by atoms with Crippen LogP contribution in [0.2, 0.25) is 0 Å². The molecule has 1 N–H and O–H groups in total. The van der Waals surface area contributed by atoms with E-state index in [0.717, 1.165) is 5.56 Å². The van der Waals surface area contributed by atoms with Gasteiger partial charge in [0.1, 0.15) is 0 Å². The fraction of sp³-hybridized carbons (Fsp3) is 0.235. The third-order valence-electron chi connectivity index (χ3n) is 3.57. The van der Waals surface area contributed by atoms with Crippen LogP contribution < -0.4 is 0 Å². The van der Waals surface area contributed by atoms with Gasteiger partial charge in [0.25, 0.3) is 0 Å². The molecule has 0 unspecified atom stereocenters. The molecule has 0 aliphatic heterocycles. The summed E-state index contributed by atoms with van der Waals surface area (Å²) in [5.74, 6) is 0.615. The minimum absolute atomic E-state index is 0.182. The Morgan fingerprint density at radius 1 is 0.762 bits per heavy atom. The van der Waals surface area contributed by atoms with Crippen LogP contribution in [0.25, 0.3) is 22.5 Å². The first-order valence-electron chi connectivity index (χ1n) is 6.99. The molecule has 0 saturated carbocycles. The van der Waals surface area contributed by atoms with Crippen molar-refractivity contribution in [3.8, 4) is 22.5 Å². The average molecular weight is 278 g/mol. The largest absolute Gasteiger partial charge is 0.204 e. The highest BCUT2D eigenvalue weighted by Crippen LogP contribution is 2.27. The minimum Gasteiger partial charge on any atom is -0.177 e. The zero-order chi connectivity index (χ0) is 14.9. The predicted molar refractivity (Wildman–Crippen MR) is 83.7 cm³/mol. The summed E-state index contributed by atoms with van der Waals surface area (Å²) in [7, 11) is 0. The van der Waals surface area contributed by atoms with Crippen molar-refractivity contribution in [2.45, 2.75) is 26.2 Å². The van der Waals surface area contributed by atoms with Gasteiger partial charge in [-0.1, -0.05) is 69.3 Å². The number of nitrogens with one attached hydrogen (secondary N) is 1. The molecule has 0 bridgehead atoms. The maximum Gasteiger partial charge on any atom is 0.204 e. The number of nitrogens with zero attached hydrogens (tertiary/aromatic N) is 3. The highest BCUT2D eigenvalue weighted by molar-refractivity contribution is 5.67. The van der Waals surface area contributed by atoms with E-state index in [-0.39, 0.29) is 5.41 Å². The van der Waals surface area contributed by atoms with Crippen molar-refractivity contribution in [3.05, 3.63) is 54.1 Å². The molecular formula is C17H18N4. The lowest BCUT2D eigenvalue weighted by Crippen LogP contribution is -2.10. The predicted octanol–water partition coefficient (Wildman–Crippen LogP) is 3.83. The molecule has 4 nitrogen and oxygen atoms in total. The smallest absolute Gasteiger partial charge is 0.177 e. The number of hydrogen-bond acceptors (Lipinski definition) is 3. The summed E-state index contributed by atoms with van der Waals surface area (Å²) >= 11 is 0. The quantitative estimate of drug-likeness (QED) is 0.775. The zero-order valence-electron chi connectivity index (χ0n) is 12.5. The molecule has 4 heteroatoms. The summed E-state index contributed by atoms with van der Waals surface area (Å²) in [4.78, 5) is 0. The van der Waals surface area contributed by atoms with Gasteiger partial charge in [0.05, 0.1) is 0 Å². The molecule has 1 heterocycles. The monoisotopic (exact) mass is 278 g/mol. The molecule has 0 spiro atoms. The van der Waals surface area contributed by atoms with Gasteiger partial charge in [-0.2, -0.15) is 5.21 Å². The Bertz CT molecular complexity index is 705. The van der Waals surface area contributed by atoms with Crippen LogP contribution in [-0.2, 0) is 5.41 Å². The first-order valence-corrected chi connectivity index (χ1v) is 6.99. The molecule has 1 aromatic heterocycles. The Hall–Kier alpha value is -2.49. The molecule has 0 fully saturated rings. The molecular weight excluding hydrogens is 260 g/mol. The molecule has 3 aromatic rings. The first kappa shape index (κ1) is 13.5. The Morgan fingerprint density at radius 2 is 1.29 bits per heavy atom. The maximum absolute atomic E-state index is 3.98. The standard InChI is InChI=1S/C17H18N4/c1-17(2,3)15-10-8-13(9-11-15)12-4-6-14(7-5-12)16-18-20-21-19-16/h4-11H,1-3H3,(H,18,19,20,21). The zero-order valence-corrected chi connectivity index (χ0v) is 12.5. The molecule has 0 aliphatic rings. The second-order valence-electron chi connectivity index (χ2n) is 6.14. The molecule has 0 saturated heterocycles. The number of benzene rings is 2. The van der Waals surface area contributed by atoms with Gasteiger partial charge in [0.2, 0.25) is 5.82 Å². The van der Waals surface area contributed by atoms with Crippen LogP contribution in [0.3, 0.4) is 0 Å². The van der Waals surface area contributed by atoms with E-state index in [2.05, 4.69) is 77.8 Å². The van der Waals surface area contributed by atoms with Crippen LogP contribution in [0.4, 0.5) is 0 Å². The van der Waals surface area contributed by atoms with E-state index < -0.39 is 0 Å². The van der Waals surface area contributed by atoms with Crippen LogP contribution in [0, 0.1) is 0 Å². The fourth-order valence-corrected chi connectivity index (χ4v) is 2.26. The Labute approximate surface area is 124 Å². The summed E-state index contributed by atoms with van der Waals surface area (Å²) in [5, 5.41) is 14.0. The normalized spacial score (nSPS) is 11.6. The highest BCUT2D eigenvalue weighted by atomic mass is 15.5. The molecule has 0 amide bonds. The molecule has 3 rings (SSSR count). The summed E-state index contributed by atoms with van der Waals surface area (Å²) in [6, 6.07) is 16.9. The molecule has 2 aromatic carbocycles. The third-order valence-corrected chi connectivity index (χ3v) is 3.57. The maximum atomic E-state index is 3.98. The van der Waals surface area contributed by atoms with Crippen LogP contribution in [0.1, 0.15) is 26.3 Å². The van der Waals surface area contributed by atoms with E-state index in [0.29, 0.717) is 5.82 Å². The lowest BCUT2D eigenvalue weighted by Gasteiger charge is -2.19. The second kappa shape index (κ2) is 5.13. The third kappa shape index (κ3) is 2.84. The first-order chi connectivity index (χ1) is 10.0. The number of aromatic nitrogens is 4. The van der Waals surface area contributed by atoms with Gasteiger partial charge in [0.15, 0.2) is 0 Å².